The molecule has 12 heteroatoms. The lowest BCUT2D eigenvalue weighted by atomic mass is 9.94. The molecule has 0 saturated heterocycles. The molecule has 8 aliphatic carbocycles. The van der Waals surface area contributed by atoms with Gasteiger partial charge in [-0.15, -0.1) is 0 Å². The minimum atomic E-state index is 0.976. The summed E-state index contributed by atoms with van der Waals surface area (Å²) in [6.07, 6.45) is 31.3. The van der Waals surface area contributed by atoms with Gasteiger partial charge in [-0.05, 0) is 345 Å². The maximum Gasteiger partial charge on any atom is 0.145 e. The first-order valence-electron chi connectivity index (χ1n) is 43.0. The average molecular weight is 1580 g/mol. The first-order valence-corrected chi connectivity index (χ1v) is 43.0. The second-order valence-electron chi connectivity index (χ2n) is 34.8. The molecule has 24 aromatic rings. The number of hydrogen-bond acceptors (Lipinski definition) is 8. The predicted molar refractivity (Wildman–Crippen MR) is 498 cm³/mol. The van der Waals surface area contributed by atoms with Gasteiger partial charge in [-0.2, -0.15) is 0 Å². The van der Waals surface area contributed by atoms with E-state index in [-0.39, 0.29) is 0 Å². The molecule has 32 rings (SSSR count). The molecule has 124 heavy (non-hydrogen) atoms. The molecular weight excluding hydrogens is 1510 g/mol. The Hall–Kier alpha value is -15.9. The largest absolute Gasteiger partial charge is 0.298 e. The Morgan fingerprint density at radius 2 is 0.452 bits per heavy atom. The van der Waals surface area contributed by atoms with Gasteiger partial charge in [0.25, 0.3) is 0 Å². The minimum Gasteiger partial charge on any atom is -0.298 e. The van der Waals surface area contributed by atoms with Crippen LogP contribution in [0.2, 0.25) is 0 Å². The highest BCUT2D eigenvalue weighted by atomic mass is 15.0. The van der Waals surface area contributed by atoms with E-state index in [4.69, 9.17) is 39.9 Å². The van der Waals surface area contributed by atoms with E-state index >= 15 is 0 Å². The van der Waals surface area contributed by atoms with Crippen LogP contribution in [-0.4, -0.2) is 57.5 Å². The van der Waals surface area contributed by atoms with Crippen LogP contribution in [0.5, 0.6) is 0 Å². The fraction of sp³-hybridized carbons (Fsp3) is 0.0714. The van der Waals surface area contributed by atoms with Gasteiger partial charge in [0.15, 0.2) is 0 Å². The van der Waals surface area contributed by atoms with Crippen molar-refractivity contribution in [2.45, 2.75) is 51.4 Å². The van der Waals surface area contributed by atoms with Crippen molar-refractivity contribution in [3.05, 3.63) is 406 Å². The Morgan fingerprint density at radius 1 is 0.169 bits per heavy atom. The number of aromatic nitrogens is 12. The van der Waals surface area contributed by atoms with Crippen LogP contribution in [-0.2, 0) is 51.4 Å². The van der Waals surface area contributed by atoms with Crippen LogP contribution in [0.3, 0.4) is 0 Å². The smallest absolute Gasteiger partial charge is 0.145 e. The standard InChI is InChI=1S/4C28H17N3/c1-2-5-19-16(4-1)13-22-20(19)8-7-17-12-18-14-23-24(15-21(18)26(17)22)28-30-10-11-31(28)25-6-3-9-29-27(23)25;1-2-5-18-16(4-1)12-22-19(18)7-8-20-21-15-25-24(14-17(21)13-23(20)22)27-26(6-3-9-29-27)31-11-10-30-28(25)31;1-2-5-20-16(4-1)10-17-13-22-18(12-21(17)20)11-19-14-24-25(15-23(19)22)28-30-8-9-31(28)26-6-3-7-29-27(24)26;1-2-5-20-16(4-1)10-17-11-18-12-19-13-24-25(15-23(19)22(18)14-21(17)20)28-30-8-9-31(28)26-6-3-7-29-27(24)26/h2*1-11,14-15H,12-13H2;1-9,12-15H,10-11H2;1-9,11,13-15H,10,12H2. The summed E-state index contributed by atoms with van der Waals surface area (Å²) in [7, 11) is 0. The Bertz CT molecular complexity index is 8970. The van der Waals surface area contributed by atoms with E-state index in [0.29, 0.717) is 0 Å². The fourth-order valence-corrected chi connectivity index (χ4v) is 23.2. The number of fused-ring (bicyclic) bond motifs is 50. The maximum atomic E-state index is 4.75. The predicted octanol–water partition coefficient (Wildman–Crippen LogP) is 24.7. The van der Waals surface area contributed by atoms with Crippen molar-refractivity contribution in [1.29, 1.82) is 0 Å². The third-order valence-electron chi connectivity index (χ3n) is 28.6. The lowest BCUT2D eigenvalue weighted by Gasteiger charge is -2.12. The van der Waals surface area contributed by atoms with Crippen LogP contribution in [0.15, 0.2) is 317 Å². The molecule has 12 heterocycles. The summed E-state index contributed by atoms with van der Waals surface area (Å²) in [6.45, 7) is 0. The van der Waals surface area contributed by atoms with Crippen LogP contribution >= 0.6 is 0 Å². The van der Waals surface area contributed by atoms with E-state index in [0.717, 1.165) is 118 Å². The lowest BCUT2D eigenvalue weighted by molar-refractivity contribution is 1.16. The van der Waals surface area contributed by atoms with E-state index in [1.165, 1.54) is 221 Å². The van der Waals surface area contributed by atoms with Gasteiger partial charge >= 0.3 is 0 Å². The quantitative estimate of drug-likeness (QED) is 0.138. The van der Waals surface area contributed by atoms with E-state index in [9.17, 15) is 0 Å². The van der Waals surface area contributed by atoms with Crippen molar-refractivity contribution in [3.8, 4) is 89.0 Å². The third-order valence-corrected chi connectivity index (χ3v) is 28.6. The molecule has 12 aromatic heterocycles. The van der Waals surface area contributed by atoms with Gasteiger partial charge in [-0.25, -0.2) is 19.9 Å². The van der Waals surface area contributed by atoms with Crippen molar-refractivity contribution in [3.63, 3.8) is 0 Å². The molecule has 12 aromatic carbocycles. The van der Waals surface area contributed by atoms with Gasteiger partial charge in [0, 0.05) is 117 Å². The van der Waals surface area contributed by atoms with Crippen LogP contribution in [0.1, 0.15) is 89.0 Å². The molecule has 0 unspecified atom stereocenters. The van der Waals surface area contributed by atoms with Crippen LogP contribution in [0.25, 0.3) is 199 Å². The number of pyridine rings is 8. The molecule has 12 nitrogen and oxygen atoms in total. The van der Waals surface area contributed by atoms with E-state index in [2.05, 4.69) is 236 Å². The molecule has 0 atom stereocenters. The lowest BCUT2D eigenvalue weighted by Crippen LogP contribution is -1.94. The van der Waals surface area contributed by atoms with Gasteiger partial charge in [0.2, 0.25) is 0 Å². The normalized spacial score (nSPS) is 13.5. The van der Waals surface area contributed by atoms with Crippen molar-refractivity contribution < 1.29 is 0 Å². The van der Waals surface area contributed by atoms with Crippen LogP contribution in [0, 0.1) is 0 Å². The second-order valence-corrected chi connectivity index (χ2v) is 34.8. The molecule has 0 spiro atoms. The summed E-state index contributed by atoms with van der Waals surface area (Å²) in [5, 5.41) is 9.47. The number of imidazole rings is 4. The highest BCUT2D eigenvalue weighted by molar-refractivity contribution is 6.17. The van der Waals surface area contributed by atoms with E-state index < -0.39 is 0 Å². The third kappa shape index (κ3) is 9.34. The Morgan fingerprint density at radius 3 is 0.895 bits per heavy atom. The zero-order valence-electron chi connectivity index (χ0n) is 67.0. The summed E-state index contributed by atoms with van der Waals surface area (Å²) in [4.78, 5) is 37.8. The number of benzene rings is 12. The highest BCUT2D eigenvalue weighted by Crippen LogP contribution is 2.54. The summed E-state index contributed by atoms with van der Waals surface area (Å²) in [5.74, 6) is 0. The number of rotatable bonds is 0. The van der Waals surface area contributed by atoms with Gasteiger partial charge in [0.05, 0.1) is 44.1 Å². The Balaban J connectivity index is 0.0000000828. The monoisotopic (exact) mass is 1580 g/mol. The van der Waals surface area contributed by atoms with Crippen molar-refractivity contribution in [2.24, 2.45) is 0 Å². The topological polar surface area (TPSA) is 121 Å². The number of hydrogen-bond donors (Lipinski definition) is 0. The van der Waals surface area contributed by atoms with Crippen molar-refractivity contribution in [1.82, 2.24) is 57.5 Å². The molecule has 0 aliphatic heterocycles. The van der Waals surface area contributed by atoms with Crippen molar-refractivity contribution in [2.75, 3.05) is 0 Å². The summed E-state index contributed by atoms with van der Waals surface area (Å²) < 4.78 is 8.64. The molecule has 0 bridgehead atoms. The Labute approximate surface area is 709 Å². The molecule has 576 valence electrons. The van der Waals surface area contributed by atoms with Crippen LogP contribution in [0.4, 0.5) is 0 Å². The fourth-order valence-electron chi connectivity index (χ4n) is 23.2. The average Bonchev–Trinajstić information content (AvgIpc) is 1.54. The van der Waals surface area contributed by atoms with Crippen LogP contribution < -0.4 is 0 Å². The molecule has 0 amide bonds. The maximum absolute atomic E-state index is 4.75. The molecule has 0 fully saturated rings. The van der Waals surface area contributed by atoms with E-state index in [1.54, 1.807) is 0 Å². The SMILES string of the molecule is c1ccc2c(c1)Cc1c-2ccc2c1-c1cc3c(cc1C2)c1ncccc1n1ccnc31.c1ccc2c(c1)Cc1c-2ccc2c1Cc1cc3c(cc1-2)c1nccn1c1cccnc31.c1ccc2c(c1)Cc1cc3c(cc1-2)-c1cc2c(cc1C3)c1ncccc1n1ccnc21.c1ccc2c(c1)Cc1cc3c(cc1-2)Cc1cc2c(cc1-3)c1nccn1c1cccnc21. The summed E-state index contributed by atoms with van der Waals surface area (Å²) >= 11 is 0. The minimum absolute atomic E-state index is 0.976. The Kier molecular flexibility index (Phi) is 13.4. The molecule has 0 saturated carbocycles. The molecule has 0 N–H and O–H groups in total. The molecule has 0 radical (unpaired) electrons. The second kappa shape index (κ2) is 24.9. The summed E-state index contributed by atoms with van der Waals surface area (Å²) in [5.41, 5.74) is 57.8. The molecular formula is C112H68N12. The van der Waals surface area contributed by atoms with E-state index in [1.807, 2.05) is 98.6 Å². The van der Waals surface area contributed by atoms with Gasteiger partial charge in [-0.1, -0.05) is 127 Å². The van der Waals surface area contributed by atoms with Gasteiger partial charge in [-0.3, -0.25) is 37.5 Å². The number of nitrogens with zero attached hydrogens (tertiary/aromatic N) is 12. The molecule has 8 aliphatic rings. The summed E-state index contributed by atoms with van der Waals surface area (Å²) in [6, 6.07) is 89.7. The highest BCUT2D eigenvalue weighted by Gasteiger charge is 2.34. The first kappa shape index (κ1) is 66.9. The van der Waals surface area contributed by atoms with Crippen molar-refractivity contribution >= 4 is 110 Å². The zero-order valence-corrected chi connectivity index (χ0v) is 67.0. The van der Waals surface area contributed by atoms with Gasteiger partial charge < -0.3 is 0 Å². The first-order chi connectivity index (χ1) is 61.4. The van der Waals surface area contributed by atoms with Gasteiger partial charge in [0.1, 0.15) is 22.6 Å². The zero-order chi connectivity index (χ0) is 80.4.